The van der Waals surface area contributed by atoms with Gasteiger partial charge < -0.3 is 14.2 Å². The van der Waals surface area contributed by atoms with Crippen LogP contribution in [0.15, 0.2) is 0 Å². The molecule has 0 fully saturated rings. The zero-order valence-corrected chi connectivity index (χ0v) is 38.8. The Kier molecular flexibility index (Phi) is 44.2. The van der Waals surface area contributed by atoms with Crippen LogP contribution in [0.2, 0.25) is 0 Å². The van der Waals surface area contributed by atoms with E-state index in [1.807, 2.05) is 0 Å². The van der Waals surface area contributed by atoms with Gasteiger partial charge in [0.25, 0.3) is 0 Å². The number of hydrogen-bond acceptors (Lipinski definition) is 6. The van der Waals surface area contributed by atoms with Crippen LogP contribution < -0.4 is 0 Å². The van der Waals surface area contributed by atoms with Crippen LogP contribution in [0.4, 0.5) is 0 Å². The number of carbonyl (C=O) groups is 3. The van der Waals surface area contributed by atoms with Gasteiger partial charge in [0.05, 0.1) is 0 Å². The molecule has 6 nitrogen and oxygen atoms in total. The Hall–Kier alpha value is -1.59. The van der Waals surface area contributed by atoms with Crippen LogP contribution in [0.25, 0.3) is 0 Å². The van der Waals surface area contributed by atoms with E-state index in [0.717, 1.165) is 63.7 Å². The number of carbonyl (C=O) groups excluding carboxylic acids is 3. The number of unbranched alkanes of at least 4 members (excludes halogenated alkanes) is 33. The second kappa shape index (κ2) is 45.5. The van der Waals surface area contributed by atoms with E-state index in [2.05, 4.69) is 27.7 Å². The van der Waals surface area contributed by atoms with Crippen molar-refractivity contribution in [2.24, 2.45) is 5.92 Å². The van der Waals surface area contributed by atoms with E-state index in [1.165, 1.54) is 180 Å². The summed E-state index contributed by atoms with van der Waals surface area (Å²) >= 11 is 0. The fourth-order valence-corrected chi connectivity index (χ4v) is 7.69. The molecule has 0 N–H and O–H groups in total. The molecular formula is C51H98O6. The molecule has 6 heteroatoms. The molecule has 0 aliphatic heterocycles. The van der Waals surface area contributed by atoms with Crippen LogP contribution in [0, 0.1) is 5.92 Å². The lowest BCUT2D eigenvalue weighted by molar-refractivity contribution is -0.167. The van der Waals surface area contributed by atoms with Crippen molar-refractivity contribution in [1.29, 1.82) is 0 Å². The van der Waals surface area contributed by atoms with E-state index in [9.17, 15) is 14.4 Å². The third kappa shape index (κ3) is 45.3. The summed E-state index contributed by atoms with van der Waals surface area (Å²) in [5, 5.41) is 0. The highest BCUT2D eigenvalue weighted by Crippen LogP contribution is 2.17. The summed E-state index contributed by atoms with van der Waals surface area (Å²) in [6, 6.07) is 0. The first-order chi connectivity index (χ1) is 27.9. The molecule has 0 aromatic heterocycles. The molecular weight excluding hydrogens is 709 g/mol. The highest BCUT2D eigenvalue weighted by Gasteiger charge is 2.19. The van der Waals surface area contributed by atoms with Crippen molar-refractivity contribution in [1.82, 2.24) is 0 Å². The number of rotatable bonds is 46. The molecule has 0 unspecified atom stereocenters. The molecule has 0 bridgehead atoms. The standard InChI is InChI=1S/C51H98O6/c1-5-7-9-11-13-15-17-18-19-23-26-30-34-38-42-49(52)55-45-48(57-51(54)44-40-36-32-28-21-16-14-12-10-8-6-2)46-56-50(53)43-39-35-31-27-24-20-22-25-29-33-37-41-47(3)4/h47-48H,5-46H2,1-4H3/t48-/m1/s1. The van der Waals surface area contributed by atoms with Crippen LogP contribution >= 0.6 is 0 Å². The average molecular weight is 807 g/mol. The number of hydrogen-bond donors (Lipinski definition) is 0. The summed E-state index contributed by atoms with van der Waals surface area (Å²) in [5.74, 6) is -0.0193. The fraction of sp³-hybridized carbons (Fsp3) is 0.941. The van der Waals surface area contributed by atoms with Gasteiger partial charge in [0.1, 0.15) is 13.2 Å². The zero-order valence-electron chi connectivity index (χ0n) is 38.8. The minimum atomic E-state index is -0.760. The third-order valence-corrected chi connectivity index (χ3v) is 11.5. The Labute approximate surface area is 355 Å². The SMILES string of the molecule is CCCCCCCCCCCCCCCCC(=O)OC[C@H](COC(=O)CCCCCCCCCCCCCC(C)C)OC(=O)CCCCCCCCCCCCC. The van der Waals surface area contributed by atoms with E-state index < -0.39 is 6.10 Å². The maximum Gasteiger partial charge on any atom is 0.306 e. The van der Waals surface area contributed by atoms with Gasteiger partial charge in [-0.15, -0.1) is 0 Å². The molecule has 0 saturated carbocycles. The van der Waals surface area contributed by atoms with Crippen molar-refractivity contribution >= 4 is 17.9 Å². The van der Waals surface area contributed by atoms with Crippen LogP contribution in [0.1, 0.15) is 285 Å². The second-order valence-electron chi connectivity index (χ2n) is 17.9. The van der Waals surface area contributed by atoms with E-state index in [0.29, 0.717) is 19.3 Å². The maximum atomic E-state index is 12.7. The molecule has 1 atom stereocenters. The van der Waals surface area contributed by atoms with E-state index in [-0.39, 0.29) is 31.1 Å². The van der Waals surface area contributed by atoms with Gasteiger partial charge in [0, 0.05) is 19.3 Å². The van der Waals surface area contributed by atoms with Crippen molar-refractivity contribution in [2.75, 3.05) is 13.2 Å². The van der Waals surface area contributed by atoms with E-state index in [4.69, 9.17) is 14.2 Å². The lowest BCUT2D eigenvalue weighted by Crippen LogP contribution is -2.30. The first kappa shape index (κ1) is 55.4. The molecule has 0 aliphatic rings. The first-order valence-corrected chi connectivity index (χ1v) is 25.4. The Bertz CT molecular complexity index is 857. The zero-order chi connectivity index (χ0) is 41.7. The fourth-order valence-electron chi connectivity index (χ4n) is 7.69. The van der Waals surface area contributed by atoms with Gasteiger partial charge in [-0.3, -0.25) is 14.4 Å². The van der Waals surface area contributed by atoms with Gasteiger partial charge in [-0.2, -0.15) is 0 Å². The van der Waals surface area contributed by atoms with E-state index in [1.54, 1.807) is 0 Å². The van der Waals surface area contributed by atoms with Gasteiger partial charge in [0.15, 0.2) is 6.10 Å². The molecule has 0 aromatic carbocycles. The number of ether oxygens (including phenoxy) is 3. The average Bonchev–Trinajstić information content (AvgIpc) is 3.19. The molecule has 0 heterocycles. The van der Waals surface area contributed by atoms with Crippen molar-refractivity contribution < 1.29 is 28.6 Å². The number of esters is 3. The monoisotopic (exact) mass is 807 g/mol. The molecule has 338 valence electrons. The van der Waals surface area contributed by atoms with Crippen molar-refractivity contribution in [3.8, 4) is 0 Å². The molecule has 0 amide bonds. The summed E-state index contributed by atoms with van der Waals surface area (Å²) in [4.78, 5) is 37.9. The predicted octanol–water partition coefficient (Wildman–Crippen LogP) is 16.3. The Morgan fingerprint density at radius 1 is 0.333 bits per heavy atom. The summed E-state index contributed by atoms with van der Waals surface area (Å²) in [6.07, 6.45) is 46.5. The molecule has 0 aromatic rings. The van der Waals surface area contributed by atoms with Crippen molar-refractivity contribution in [2.45, 2.75) is 291 Å². The normalized spacial score (nSPS) is 11.9. The maximum absolute atomic E-state index is 12.7. The van der Waals surface area contributed by atoms with Gasteiger partial charge >= 0.3 is 17.9 Å². The highest BCUT2D eigenvalue weighted by molar-refractivity contribution is 5.71. The Morgan fingerprint density at radius 3 is 0.860 bits per heavy atom. The molecule has 0 spiro atoms. The molecule has 0 rings (SSSR count). The largest absolute Gasteiger partial charge is 0.462 e. The summed E-state index contributed by atoms with van der Waals surface area (Å²) in [7, 11) is 0. The quantitative estimate of drug-likeness (QED) is 0.0346. The Morgan fingerprint density at radius 2 is 0.579 bits per heavy atom. The van der Waals surface area contributed by atoms with Crippen LogP contribution in [-0.4, -0.2) is 37.2 Å². The van der Waals surface area contributed by atoms with Crippen LogP contribution in [0.3, 0.4) is 0 Å². The highest BCUT2D eigenvalue weighted by atomic mass is 16.6. The van der Waals surface area contributed by atoms with Gasteiger partial charge in [-0.05, 0) is 25.2 Å². The molecule has 0 aliphatic carbocycles. The van der Waals surface area contributed by atoms with E-state index >= 15 is 0 Å². The third-order valence-electron chi connectivity index (χ3n) is 11.5. The lowest BCUT2D eigenvalue weighted by Gasteiger charge is -2.18. The van der Waals surface area contributed by atoms with Gasteiger partial charge in [0.2, 0.25) is 0 Å². The lowest BCUT2D eigenvalue weighted by atomic mass is 10.0. The Balaban J connectivity index is 4.30. The second-order valence-corrected chi connectivity index (χ2v) is 17.9. The first-order valence-electron chi connectivity index (χ1n) is 25.4. The summed E-state index contributed by atoms with van der Waals surface area (Å²) in [5.41, 5.74) is 0. The van der Waals surface area contributed by atoms with Gasteiger partial charge in [-0.1, -0.05) is 246 Å². The minimum Gasteiger partial charge on any atom is -0.462 e. The minimum absolute atomic E-state index is 0.0628. The van der Waals surface area contributed by atoms with Gasteiger partial charge in [-0.25, -0.2) is 0 Å². The predicted molar refractivity (Wildman–Crippen MR) is 243 cm³/mol. The molecule has 0 radical (unpaired) electrons. The molecule has 0 saturated heterocycles. The topological polar surface area (TPSA) is 78.9 Å². The smallest absolute Gasteiger partial charge is 0.306 e. The van der Waals surface area contributed by atoms with Crippen molar-refractivity contribution in [3.63, 3.8) is 0 Å². The summed E-state index contributed by atoms with van der Waals surface area (Å²) < 4.78 is 16.8. The van der Waals surface area contributed by atoms with Crippen LogP contribution in [0.5, 0.6) is 0 Å². The summed E-state index contributed by atoms with van der Waals surface area (Å²) in [6.45, 7) is 9.01. The van der Waals surface area contributed by atoms with Crippen LogP contribution in [-0.2, 0) is 28.6 Å². The van der Waals surface area contributed by atoms with Crippen molar-refractivity contribution in [3.05, 3.63) is 0 Å². The molecule has 57 heavy (non-hydrogen) atoms.